The van der Waals surface area contributed by atoms with Crippen molar-refractivity contribution in [3.63, 3.8) is 0 Å². The van der Waals surface area contributed by atoms with Crippen molar-refractivity contribution in [1.82, 2.24) is 15.1 Å². The Morgan fingerprint density at radius 3 is 2.82 bits per heavy atom. The molecule has 0 atom stereocenters. The van der Waals surface area contributed by atoms with Crippen molar-refractivity contribution in [2.24, 2.45) is 0 Å². The van der Waals surface area contributed by atoms with Gasteiger partial charge in [-0.2, -0.15) is 5.10 Å². The number of rotatable bonds is 4. The average molecular weight is 409 g/mol. The predicted molar refractivity (Wildman–Crippen MR) is 92.0 cm³/mol. The molecular weight excluding hydrogens is 393 g/mol. The molecule has 1 heterocycles. The standard InChI is InChI=1S/C16H16IN3O2/c17-13-6-4-11(5-7-13)16(22)18-8-9-20-15(21)10-12-2-1-3-14(12)19-20/h4-7,10H,1-3,8-9H2,(H,18,22). The first kappa shape index (κ1) is 15.2. The summed E-state index contributed by atoms with van der Waals surface area (Å²) in [6, 6.07) is 9.04. The zero-order chi connectivity index (χ0) is 15.5. The van der Waals surface area contributed by atoms with Gasteiger partial charge in [0.25, 0.3) is 11.5 Å². The fourth-order valence-corrected chi connectivity index (χ4v) is 2.94. The molecule has 0 saturated heterocycles. The summed E-state index contributed by atoms with van der Waals surface area (Å²) >= 11 is 2.20. The fraction of sp³-hybridized carbons (Fsp3) is 0.312. The summed E-state index contributed by atoms with van der Waals surface area (Å²) in [5, 5.41) is 7.21. The van der Waals surface area contributed by atoms with Crippen LogP contribution in [-0.4, -0.2) is 22.2 Å². The number of aryl methyl sites for hydroxylation is 2. The Morgan fingerprint density at radius 2 is 2.05 bits per heavy atom. The quantitative estimate of drug-likeness (QED) is 0.784. The molecule has 2 aromatic rings. The highest BCUT2D eigenvalue weighted by atomic mass is 127. The molecule has 5 nitrogen and oxygen atoms in total. The number of halogens is 1. The number of carbonyl (C=O) groups is 1. The highest BCUT2D eigenvalue weighted by molar-refractivity contribution is 14.1. The number of nitrogens with zero attached hydrogens (tertiary/aromatic N) is 2. The Kier molecular flexibility index (Phi) is 4.56. The molecule has 0 spiro atoms. The topological polar surface area (TPSA) is 64.0 Å². The van der Waals surface area contributed by atoms with Crippen LogP contribution in [0.15, 0.2) is 35.1 Å². The van der Waals surface area contributed by atoms with Gasteiger partial charge >= 0.3 is 0 Å². The lowest BCUT2D eigenvalue weighted by Crippen LogP contribution is -2.32. The molecule has 1 aliphatic rings. The van der Waals surface area contributed by atoms with E-state index in [4.69, 9.17) is 0 Å². The van der Waals surface area contributed by atoms with E-state index in [-0.39, 0.29) is 11.5 Å². The summed E-state index contributed by atoms with van der Waals surface area (Å²) in [5.41, 5.74) is 2.62. The first-order valence-electron chi connectivity index (χ1n) is 7.27. The van der Waals surface area contributed by atoms with Crippen LogP contribution in [0.2, 0.25) is 0 Å². The Hall–Kier alpha value is -1.70. The number of nitrogens with one attached hydrogen (secondary N) is 1. The third-order valence-electron chi connectivity index (χ3n) is 3.74. The van der Waals surface area contributed by atoms with Crippen molar-refractivity contribution in [2.75, 3.05) is 6.54 Å². The van der Waals surface area contributed by atoms with E-state index in [9.17, 15) is 9.59 Å². The summed E-state index contributed by atoms with van der Waals surface area (Å²) in [6.45, 7) is 0.777. The normalized spacial score (nSPS) is 13.0. The highest BCUT2D eigenvalue weighted by Crippen LogP contribution is 2.16. The van der Waals surface area contributed by atoms with E-state index in [1.165, 1.54) is 4.68 Å². The van der Waals surface area contributed by atoms with Gasteiger partial charge in [-0.15, -0.1) is 0 Å². The number of benzene rings is 1. The van der Waals surface area contributed by atoms with Gasteiger partial charge in [0.05, 0.1) is 12.2 Å². The average Bonchev–Trinajstić information content (AvgIpc) is 2.95. The summed E-state index contributed by atoms with van der Waals surface area (Å²) in [5.74, 6) is -0.134. The number of amides is 1. The zero-order valence-corrected chi connectivity index (χ0v) is 14.2. The monoisotopic (exact) mass is 409 g/mol. The molecule has 114 valence electrons. The van der Waals surface area contributed by atoms with Gasteiger partial charge in [0, 0.05) is 21.7 Å². The van der Waals surface area contributed by atoms with E-state index >= 15 is 0 Å². The minimum absolute atomic E-state index is 0.0934. The molecule has 22 heavy (non-hydrogen) atoms. The lowest BCUT2D eigenvalue weighted by Gasteiger charge is -2.08. The van der Waals surface area contributed by atoms with Gasteiger partial charge in [0.15, 0.2) is 0 Å². The molecule has 3 rings (SSSR count). The van der Waals surface area contributed by atoms with E-state index in [2.05, 4.69) is 33.0 Å². The maximum Gasteiger partial charge on any atom is 0.267 e. The Bertz CT molecular complexity index is 753. The van der Waals surface area contributed by atoms with Gasteiger partial charge < -0.3 is 5.32 Å². The van der Waals surface area contributed by atoms with Crippen molar-refractivity contribution in [2.45, 2.75) is 25.8 Å². The first-order chi connectivity index (χ1) is 10.6. The van der Waals surface area contributed by atoms with Gasteiger partial charge in [-0.05, 0) is 71.7 Å². The summed E-state index contributed by atoms with van der Waals surface area (Å²) in [4.78, 5) is 23.9. The van der Waals surface area contributed by atoms with E-state index in [0.717, 1.165) is 34.1 Å². The fourth-order valence-electron chi connectivity index (χ4n) is 2.58. The molecule has 0 saturated carbocycles. The van der Waals surface area contributed by atoms with Crippen molar-refractivity contribution in [1.29, 1.82) is 0 Å². The lowest BCUT2D eigenvalue weighted by atomic mass is 10.2. The van der Waals surface area contributed by atoms with Crippen molar-refractivity contribution < 1.29 is 4.79 Å². The third-order valence-corrected chi connectivity index (χ3v) is 4.46. The summed E-state index contributed by atoms with van der Waals surface area (Å²) in [6.07, 6.45) is 2.95. The number of hydrogen-bond acceptors (Lipinski definition) is 3. The molecule has 0 fully saturated rings. The van der Waals surface area contributed by atoms with Crippen LogP contribution < -0.4 is 10.9 Å². The predicted octanol–water partition coefficient (Wildman–Crippen LogP) is 1.77. The van der Waals surface area contributed by atoms with E-state index < -0.39 is 0 Å². The van der Waals surface area contributed by atoms with Crippen LogP contribution in [0, 0.1) is 3.57 Å². The lowest BCUT2D eigenvalue weighted by molar-refractivity contribution is 0.0951. The van der Waals surface area contributed by atoms with Crippen molar-refractivity contribution >= 4 is 28.5 Å². The summed E-state index contributed by atoms with van der Waals surface area (Å²) in [7, 11) is 0. The second-order valence-electron chi connectivity index (χ2n) is 5.29. The number of carbonyl (C=O) groups excluding carboxylic acids is 1. The maximum atomic E-state index is 12.0. The van der Waals surface area contributed by atoms with Crippen LogP contribution in [0.4, 0.5) is 0 Å². The maximum absolute atomic E-state index is 12.0. The number of hydrogen-bond donors (Lipinski definition) is 1. The molecule has 0 radical (unpaired) electrons. The van der Waals surface area contributed by atoms with Crippen molar-refractivity contribution in [3.8, 4) is 0 Å². The molecule has 0 aliphatic heterocycles. The highest BCUT2D eigenvalue weighted by Gasteiger charge is 2.14. The molecule has 0 unspecified atom stereocenters. The molecule has 1 N–H and O–H groups in total. The Morgan fingerprint density at radius 1 is 1.27 bits per heavy atom. The second-order valence-corrected chi connectivity index (χ2v) is 6.54. The van der Waals surface area contributed by atoms with Gasteiger partial charge in [-0.25, -0.2) is 4.68 Å². The molecule has 0 bridgehead atoms. The molecule has 1 aromatic heterocycles. The second kappa shape index (κ2) is 6.60. The smallest absolute Gasteiger partial charge is 0.267 e. The van der Waals surface area contributed by atoms with E-state index in [0.29, 0.717) is 18.7 Å². The van der Waals surface area contributed by atoms with Crippen LogP contribution in [0.5, 0.6) is 0 Å². The van der Waals surface area contributed by atoms with Gasteiger partial charge in [-0.1, -0.05) is 0 Å². The zero-order valence-electron chi connectivity index (χ0n) is 12.0. The van der Waals surface area contributed by atoms with Crippen LogP contribution >= 0.6 is 22.6 Å². The largest absolute Gasteiger partial charge is 0.350 e. The van der Waals surface area contributed by atoms with Gasteiger partial charge in [-0.3, -0.25) is 9.59 Å². The first-order valence-corrected chi connectivity index (χ1v) is 8.35. The minimum atomic E-state index is -0.134. The molecule has 1 aliphatic carbocycles. The molecule has 1 amide bonds. The Balaban J connectivity index is 1.60. The van der Waals surface area contributed by atoms with Gasteiger partial charge in [0.2, 0.25) is 0 Å². The number of fused-ring (bicyclic) bond motifs is 1. The van der Waals surface area contributed by atoms with Crippen molar-refractivity contribution in [3.05, 3.63) is 61.1 Å². The van der Waals surface area contributed by atoms with Crippen LogP contribution in [0.3, 0.4) is 0 Å². The van der Waals surface area contributed by atoms with E-state index in [1.807, 2.05) is 12.1 Å². The van der Waals surface area contributed by atoms with Crippen LogP contribution in [0.1, 0.15) is 28.0 Å². The van der Waals surface area contributed by atoms with E-state index in [1.54, 1.807) is 18.2 Å². The van der Waals surface area contributed by atoms with Crippen LogP contribution in [-0.2, 0) is 19.4 Å². The number of aromatic nitrogens is 2. The third kappa shape index (κ3) is 3.37. The summed E-state index contributed by atoms with van der Waals surface area (Å²) < 4.78 is 2.53. The Labute approximate surface area is 141 Å². The molecule has 6 heteroatoms. The SMILES string of the molecule is O=C(NCCn1nc2c(cc1=O)CCC2)c1ccc(I)cc1. The minimum Gasteiger partial charge on any atom is -0.350 e. The van der Waals surface area contributed by atoms with Gasteiger partial charge in [0.1, 0.15) is 0 Å². The molecule has 1 aromatic carbocycles. The van der Waals surface area contributed by atoms with Crippen LogP contribution in [0.25, 0.3) is 0 Å². The molecular formula is C16H16IN3O2.